The van der Waals surface area contributed by atoms with Crippen molar-refractivity contribution in [2.75, 3.05) is 26.0 Å². The first-order valence-corrected chi connectivity index (χ1v) is 7.69. The summed E-state index contributed by atoms with van der Waals surface area (Å²) in [7, 11) is 3.97. The summed E-state index contributed by atoms with van der Waals surface area (Å²) in [5.41, 5.74) is 3.04. The van der Waals surface area contributed by atoms with Gasteiger partial charge in [-0.15, -0.1) is 11.3 Å². The molecule has 0 saturated carbocycles. The van der Waals surface area contributed by atoms with Crippen LogP contribution in [-0.4, -0.2) is 41.7 Å². The molecule has 2 N–H and O–H groups in total. The minimum Gasteiger partial charge on any atom is -0.376 e. The molecule has 3 heterocycles. The average molecular weight is 306 g/mol. The number of hydrogen-bond donors (Lipinski definition) is 2. The summed E-state index contributed by atoms with van der Waals surface area (Å²) in [4.78, 5) is 15.2. The van der Waals surface area contributed by atoms with E-state index in [-0.39, 0.29) is 5.91 Å². The van der Waals surface area contributed by atoms with Gasteiger partial charge in [0.05, 0.1) is 18.1 Å². The number of H-pyrrole nitrogens is 1. The molecule has 1 amide bonds. The lowest BCUT2D eigenvalue weighted by Gasteiger charge is -2.13. The number of aromatic amines is 1. The maximum Gasteiger partial charge on any atom is 0.267 e. The van der Waals surface area contributed by atoms with E-state index in [2.05, 4.69) is 15.5 Å². The van der Waals surface area contributed by atoms with Crippen molar-refractivity contribution in [1.82, 2.24) is 15.1 Å². The maximum absolute atomic E-state index is 12.4. The van der Waals surface area contributed by atoms with Gasteiger partial charge >= 0.3 is 0 Å². The zero-order valence-electron chi connectivity index (χ0n) is 12.1. The van der Waals surface area contributed by atoms with Crippen LogP contribution in [0.2, 0.25) is 0 Å². The van der Waals surface area contributed by atoms with Crippen molar-refractivity contribution in [3.63, 3.8) is 0 Å². The summed E-state index contributed by atoms with van der Waals surface area (Å²) in [6.45, 7) is 1.94. The zero-order chi connectivity index (χ0) is 14.8. The van der Waals surface area contributed by atoms with E-state index in [0.717, 1.165) is 34.7 Å². The number of aromatic nitrogens is 2. The molecule has 0 fully saturated rings. The van der Waals surface area contributed by atoms with Crippen LogP contribution in [0.3, 0.4) is 0 Å². The summed E-state index contributed by atoms with van der Waals surface area (Å²) in [5, 5.41) is 12.0. The Morgan fingerprint density at radius 1 is 1.57 bits per heavy atom. The molecule has 21 heavy (non-hydrogen) atoms. The van der Waals surface area contributed by atoms with Crippen molar-refractivity contribution in [1.29, 1.82) is 0 Å². The van der Waals surface area contributed by atoms with Crippen molar-refractivity contribution in [2.45, 2.75) is 19.6 Å². The van der Waals surface area contributed by atoms with E-state index >= 15 is 0 Å². The average Bonchev–Trinajstić information content (AvgIpc) is 3.06. The van der Waals surface area contributed by atoms with E-state index in [9.17, 15) is 4.79 Å². The third-order valence-corrected chi connectivity index (χ3v) is 4.32. The van der Waals surface area contributed by atoms with E-state index in [1.807, 2.05) is 30.4 Å². The highest BCUT2D eigenvalue weighted by Gasteiger charge is 2.21. The Balaban J connectivity index is 1.78. The summed E-state index contributed by atoms with van der Waals surface area (Å²) in [6, 6.07) is 1.99. The third-order valence-electron chi connectivity index (χ3n) is 3.37. The first-order chi connectivity index (χ1) is 10.1. The molecule has 3 rings (SSSR count). The van der Waals surface area contributed by atoms with Gasteiger partial charge in [0.2, 0.25) is 0 Å². The second-order valence-corrected chi connectivity index (χ2v) is 6.21. The molecule has 0 saturated heterocycles. The number of amides is 1. The van der Waals surface area contributed by atoms with Crippen LogP contribution in [0.25, 0.3) is 0 Å². The van der Waals surface area contributed by atoms with Gasteiger partial charge in [-0.1, -0.05) is 0 Å². The van der Waals surface area contributed by atoms with Crippen LogP contribution < -0.4 is 5.32 Å². The number of ether oxygens (including phenoxy) is 1. The number of anilines is 1. The number of rotatable bonds is 4. The number of nitrogens with one attached hydrogen (secondary N) is 2. The van der Waals surface area contributed by atoms with Crippen molar-refractivity contribution >= 4 is 23.1 Å². The number of fused-ring (bicyclic) bond motifs is 1. The Morgan fingerprint density at radius 3 is 3.24 bits per heavy atom. The lowest BCUT2D eigenvalue weighted by molar-refractivity contribution is 0.102. The number of thiophene rings is 1. The van der Waals surface area contributed by atoms with E-state index in [1.165, 1.54) is 11.3 Å². The van der Waals surface area contributed by atoms with Crippen molar-refractivity contribution in [3.8, 4) is 0 Å². The molecule has 0 spiro atoms. The maximum atomic E-state index is 12.4. The highest BCUT2D eigenvalue weighted by Crippen LogP contribution is 2.24. The van der Waals surface area contributed by atoms with Gasteiger partial charge in [-0.05, 0) is 31.1 Å². The molecule has 0 unspecified atom stereocenters. The van der Waals surface area contributed by atoms with E-state index in [4.69, 9.17) is 4.74 Å². The van der Waals surface area contributed by atoms with Crippen LogP contribution in [0, 0.1) is 0 Å². The van der Waals surface area contributed by atoms with E-state index in [0.29, 0.717) is 19.0 Å². The van der Waals surface area contributed by atoms with E-state index in [1.54, 1.807) is 0 Å². The molecule has 1 aliphatic heterocycles. The van der Waals surface area contributed by atoms with Crippen LogP contribution in [0.5, 0.6) is 0 Å². The summed E-state index contributed by atoms with van der Waals surface area (Å²) >= 11 is 1.45. The Morgan fingerprint density at radius 2 is 2.43 bits per heavy atom. The second kappa shape index (κ2) is 5.97. The molecule has 0 radical (unpaired) electrons. The zero-order valence-corrected chi connectivity index (χ0v) is 12.9. The molecule has 0 atom stereocenters. The summed E-state index contributed by atoms with van der Waals surface area (Å²) in [6.07, 6.45) is 0.809. The molecule has 2 aromatic rings. The Hall–Kier alpha value is -1.70. The Labute approximate surface area is 127 Å². The van der Waals surface area contributed by atoms with Crippen LogP contribution in [0.4, 0.5) is 5.82 Å². The van der Waals surface area contributed by atoms with Gasteiger partial charge in [-0.25, -0.2) is 0 Å². The first-order valence-electron chi connectivity index (χ1n) is 6.81. The van der Waals surface area contributed by atoms with Gasteiger partial charge in [0.25, 0.3) is 5.91 Å². The lowest BCUT2D eigenvalue weighted by atomic mass is 10.1. The van der Waals surface area contributed by atoms with Crippen molar-refractivity contribution in [2.24, 2.45) is 0 Å². The lowest BCUT2D eigenvalue weighted by Crippen LogP contribution is -2.18. The fourth-order valence-electron chi connectivity index (χ4n) is 2.38. The van der Waals surface area contributed by atoms with Gasteiger partial charge in [0.15, 0.2) is 5.82 Å². The van der Waals surface area contributed by atoms with Gasteiger partial charge in [0.1, 0.15) is 0 Å². The first kappa shape index (κ1) is 14.2. The fourth-order valence-corrected chi connectivity index (χ4v) is 3.19. The highest BCUT2D eigenvalue weighted by atomic mass is 32.1. The molecule has 1 aliphatic rings. The smallest absolute Gasteiger partial charge is 0.267 e. The molecular formula is C14H18N4O2S. The molecule has 112 valence electrons. The standard InChI is InChI=1S/C14H18N4O2S/c1-18(2)7-9-4-6-21-12(9)14(19)15-13-10-8-20-5-3-11(10)16-17-13/h4,6H,3,5,7-8H2,1-2H3,(H2,15,16,17,19). The van der Waals surface area contributed by atoms with Gasteiger partial charge in [-0.2, -0.15) is 5.10 Å². The summed E-state index contributed by atoms with van der Waals surface area (Å²) < 4.78 is 5.43. The van der Waals surface area contributed by atoms with Crippen LogP contribution in [0.1, 0.15) is 26.5 Å². The van der Waals surface area contributed by atoms with Crippen LogP contribution in [-0.2, 0) is 24.3 Å². The minimum atomic E-state index is -0.110. The third kappa shape index (κ3) is 2.99. The minimum absolute atomic E-state index is 0.110. The number of hydrogen-bond acceptors (Lipinski definition) is 5. The molecule has 2 aromatic heterocycles. The van der Waals surface area contributed by atoms with Gasteiger partial charge in [-0.3, -0.25) is 9.89 Å². The quantitative estimate of drug-likeness (QED) is 0.904. The summed E-state index contributed by atoms with van der Waals surface area (Å²) in [5.74, 6) is 0.473. The molecule has 6 nitrogen and oxygen atoms in total. The van der Waals surface area contributed by atoms with E-state index < -0.39 is 0 Å². The Kier molecular flexibility index (Phi) is 4.05. The number of nitrogens with zero attached hydrogens (tertiary/aromatic N) is 2. The predicted molar refractivity (Wildman–Crippen MR) is 81.6 cm³/mol. The van der Waals surface area contributed by atoms with Crippen molar-refractivity contribution in [3.05, 3.63) is 33.1 Å². The monoisotopic (exact) mass is 306 g/mol. The largest absolute Gasteiger partial charge is 0.376 e. The topological polar surface area (TPSA) is 70.2 Å². The highest BCUT2D eigenvalue weighted by molar-refractivity contribution is 7.12. The van der Waals surface area contributed by atoms with Gasteiger partial charge < -0.3 is 15.0 Å². The molecule has 0 aromatic carbocycles. The predicted octanol–water partition coefficient (Wildman–Crippen LogP) is 1.86. The van der Waals surface area contributed by atoms with Crippen LogP contribution >= 0.6 is 11.3 Å². The van der Waals surface area contributed by atoms with Crippen molar-refractivity contribution < 1.29 is 9.53 Å². The number of carbonyl (C=O) groups excluding carboxylic acids is 1. The second-order valence-electron chi connectivity index (χ2n) is 5.30. The SMILES string of the molecule is CN(C)Cc1ccsc1C(=O)Nc1n[nH]c2c1COCC2. The fraction of sp³-hybridized carbons (Fsp3) is 0.429. The normalized spacial score (nSPS) is 14.2. The molecule has 0 aliphatic carbocycles. The van der Waals surface area contributed by atoms with Gasteiger partial charge in [0, 0.05) is 24.2 Å². The van der Waals surface area contributed by atoms with Crippen LogP contribution in [0.15, 0.2) is 11.4 Å². The number of carbonyl (C=O) groups is 1. The molecular weight excluding hydrogens is 288 g/mol. The Bertz CT molecular complexity index is 647. The molecule has 0 bridgehead atoms. The molecule has 7 heteroatoms.